The summed E-state index contributed by atoms with van der Waals surface area (Å²) in [4.78, 5) is 0. The molecule has 0 saturated carbocycles. The molecule has 3 rings (SSSR count). The van der Waals surface area contributed by atoms with Crippen LogP contribution in [0.1, 0.15) is 36.5 Å². The Labute approximate surface area is 98.1 Å². The van der Waals surface area contributed by atoms with Crippen LogP contribution in [-0.2, 0) is 25.7 Å². The first-order chi connectivity index (χ1) is 6.90. The van der Waals surface area contributed by atoms with E-state index in [0.29, 0.717) is 0 Å². The van der Waals surface area contributed by atoms with E-state index in [9.17, 15) is 0 Å². The number of hydrogen-bond acceptors (Lipinski definition) is 2. The molecule has 1 aromatic carbocycles. The summed E-state index contributed by atoms with van der Waals surface area (Å²) in [5.74, 6) is 5.65. The normalized spacial score (nSPS) is 16.9. The fourth-order valence-corrected chi connectivity index (χ4v) is 2.99. The van der Waals surface area contributed by atoms with Crippen LogP contribution in [0.25, 0.3) is 0 Å². The molecule has 0 bridgehead atoms. The maximum atomic E-state index is 5.65. The third-order valence-electron chi connectivity index (χ3n) is 3.62. The standard InChI is InChI=1S/C12H16N2.ClH/c13-14-12-10-5-1-3-8(10)7-9-4-2-6-11(9)12;/h7,14H,1-6,13H2;1H. The lowest BCUT2D eigenvalue weighted by atomic mass is 9.99. The van der Waals surface area contributed by atoms with Crippen molar-refractivity contribution in [1.82, 2.24) is 0 Å². The molecule has 2 aliphatic carbocycles. The Hall–Kier alpha value is -0.730. The van der Waals surface area contributed by atoms with Gasteiger partial charge in [-0.25, -0.2) is 0 Å². The van der Waals surface area contributed by atoms with Crippen LogP contribution in [0.15, 0.2) is 6.07 Å². The Morgan fingerprint density at radius 2 is 1.53 bits per heavy atom. The van der Waals surface area contributed by atoms with Gasteiger partial charge in [-0.1, -0.05) is 6.07 Å². The summed E-state index contributed by atoms with van der Waals surface area (Å²) in [6.07, 6.45) is 7.51. The predicted octanol–water partition coefficient (Wildman–Crippen LogP) is -0.934. The summed E-state index contributed by atoms with van der Waals surface area (Å²) < 4.78 is 0. The molecule has 2 nitrogen and oxygen atoms in total. The number of nitrogen functional groups attached to an aromatic ring is 1. The second-order valence-corrected chi connectivity index (χ2v) is 4.38. The Bertz CT molecular complexity index is 361. The van der Waals surface area contributed by atoms with Crippen molar-refractivity contribution in [3.63, 3.8) is 0 Å². The van der Waals surface area contributed by atoms with Crippen molar-refractivity contribution < 1.29 is 13.8 Å². The molecule has 0 radical (unpaired) electrons. The molecule has 3 N–H and O–H groups in total. The van der Waals surface area contributed by atoms with Crippen LogP contribution >= 0.6 is 0 Å². The molecule has 0 unspecified atom stereocenters. The average molecular weight is 225 g/mol. The molecule has 3 heteroatoms. The van der Waals surface area contributed by atoms with E-state index in [-0.39, 0.29) is 13.8 Å². The number of hydrazine groups is 1. The molecule has 0 atom stereocenters. The number of aryl methyl sites for hydroxylation is 2. The Balaban J connectivity index is 0.000000640. The van der Waals surface area contributed by atoms with Gasteiger partial charge in [0, 0.05) is 0 Å². The minimum absolute atomic E-state index is 0. The zero-order valence-electron chi connectivity index (χ0n) is 9.78. The van der Waals surface area contributed by atoms with Crippen molar-refractivity contribution in [2.45, 2.75) is 38.5 Å². The van der Waals surface area contributed by atoms with Gasteiger partial charge in [0.1, 0.15) is 0 Å². The molecule has 1 aromatic rings. The fourth-order valence-electron chi connectivity index (χ4n) is 2.99. The Morgan fingerprint density at radius 1 is 1.00 bits per heavy atom. The van der Waals surface area contributed by atoms with Crippen molar-refractivity contribution in [3.8, 4) is 0 Å². The molecule has 82 valence electrons. The van der Waals surface area contributed by atoms with E-state index in [0.717, 1.165) is 0 Å². The van der Waals surface area contributed by atoms with Gasteiger partial charge in [-0.3, -0.25) is 5.84 Å². The Kier molecular flexibility index (Phi) is 2.89. The smallest absolute Gasteiger partial charge is 1.00 e. The SMILES string of the molecule is NNc1c2c(cc3c1CCC3)CCC2.[Cl-].[H+]. The van der Waals surface area contributed by atoms with Crippen LogP contribution in [0.3, 0.4) is 0 Å². The monoisotopic (exact) mass is 224 g/mol. The minimum atomic E-state index is 0. The van der Waals surface area contributed by atoms with E-state index in [4.69, 9.17) is 5.84 Å². The highest BCUT2D eigenvalue weighted by molar-refractivity contribution is 5.65. The fraction of sp³-hybridized carbons (Fsp3) is 0.500. The molecule has 2 aliphatic rings. The number of nitrogens with one attached hydrogen (secondary N) is 1. The molecule has 0 amide bonds. The molecule has 0 heterocycles. The van der Waals surface area contributed by atoms with Gasteiger partial charge >= 0.3 is 1.43 Å². The first-order valence-electron chi connectivity index (χ1n) is 5.53. The minimum Gasteiger partial charge on any atom is -1.00 e. The molecule has 0 saturated heterocycles. The second kappa shape index (κ2) is 4.03. The number of halogens is 1. The molecular formula is C12H17ClN2. The topological polar surface area (TPSA) is 38.0 Å². The number of nitrogens with two attached hydrogens (primary N) is 1. The summed E-state index contributed by atoms with van der Waals surface area (Å²) in [5.41, 5.74) is 10.3. The molecular weight excluding hydrogens is 208 g/mol. The number of hydrogen-bond donors (Lipinski definition) is 2. The number of rotatable bonds is 1. The molecule has 0 spiro atoms. The summed E-state index contributed by atoms with van der Waals surface area (Å²) in [6, 6.07) is 2.42. The van der Waals surface area contributed by atoms with Gasteiger partial charge in [0.2, 0.25) is 0 Å². The van der Waals surface area contributed by atoms with Gasteiger partial charge in [0.05, 0.1) is 5.69 Å². The highest BCUT2D eigenvalue weighted by Gasteiger charge is 2.23. The van der Waals surface area contributed by atoms with Crippen LogP contribution in [0.5, 0.6) is 0 Å². The van der Waals surface area contributed by atoms with Crippen molar-refractivity contribution in [2.75, 3.05) is 5.43 Å². The van der Waals surface area contributed by atoms with Gasteiger partial charge in [0.25, 0.3) is 0 Å². The summed E-state index contributed by atoms with van der Waals surface area (Å²) in [5, 5.41) is 0. The van der Waals surface area contributed by atoms with E-state index < -0.39 is 0 Å². The maximum absolute atomic E-state index is 5.65. The number of benzene rings is 1. The summed E-state index contributed by atoms with van der Waals surface area (Å²) in [6.45, 7) is 0. The van der Waals surface area contributed by atoms with Crippen LogP contribution < -0.4 is 23.7 Å². The van der Waals surface area contributed by atoms with Gasteiger partial charge < -0.3 is 17.8 Å². The number of fused-ring (bicyclic) bond motifs is 2. The average Bonchev–Trinajstić information content (AvgIpc) is 2.80. The highest BCUT2D eigenvalue weighted by Crippen LogP contribution is 2.37. The first-order valence-corrected chi connectivity index (χ1v) is 5.53. The molecule has 0 fully saturated rings. The highest BCUT2D eigenvalue weighted by atomic mass is 35.5. The summed E-state index contributed by atoms with van der Waals surface area (Å²) >= 11 is 0. The predicted molar refractivity (Wildman–Crippen MR) is 59.4 cm³/mol. The quantitative estimate of drug-likeness (QED) is 0.478. The van der Waals surface area contributed by atoms with E-state index >= 15 is 0 Å². The van der Waals surface area contributed by atoms with Crippen LogP contribution in [0.4, 0.5) is 5.69 Å². The van der Waals surface area contributed by atoms with Crippen molar-refractivity contribution in [3.05, 3.63) is 28.3 Å². The van der Waals surface area contributed by atoms with Crippen molar-refractivity contribution >= 4 is 5.69 Å². The lowest BCUT2D eigenvalue weighted by molar-refractivity contribution is -0.00000290. The maximum Gasteiger partial charge on any atom is 1.00 e. The second-order valence-electron chi connectivity index (χ2n) is 4.38. The third kappa shape index (κ3) is 1.52. The van der Waals surface area contributed by atoms with Gasteiger partial charge in [-0.15, -0.1) is 0 Å². The van der Waals surface area contributed by atoms with Crippen LogP contribution in [0, 0.1) is 0 Å². The zero-order valence-corrected chi connectivity index (χ0v) is 9.53. The summed E-state index contributed by atoms with van der Waals surface area (Å²) in [7, 11) is 0. The van der Waals surface area contributed by atoms with Gasteiger partial charge in [0.15, 0.2) is 0 Å². The van der Waals surface area contributed by atoms with Crippen LogP contribution in [-0.4, -0.2) is 0 Å². The van der Waals surface area contributed by atoms with Gasteiger partial charge in [-0.2, -0.15) is 0 Å². The first kappa shape index (κ1) is 10.8. The van der Waals surface area contributed by atoms with E-state index in [2.05, 4.69) is 11.5 Å². The number of anilines is 1. The van der Waals surface area contributed by atoms with E-state index in [1.54, 1.807) is 11.1 Å². The van der Waals surface area contributed by atoms with Crippen LogP contribution in [0.2, 0.25) is 0 Å². The third-order valence-corrected chi connectivity index (χ3v) is 3.62. The molecule has 15 heavy (non-hydrogen) atoms. The Morgan fingerprint density at radius 3 is 2.00 bits per heavy atom. The lowest BCUT2D eigenvalue weighted by Gasteiger charge is -2.13. The van der Waals surface area contributed by atoms with Crippen molar-refractivity contribution in [1.29, 1.82) is 0 Å². The molecule has 0 aromatic heterocycles. The lowest BCUT2D eigenvalue weighted by Crippen LogP contribution is -3.00. The largest absolute Gasteiger partial charge is 1.00 e. The van der Waals surface area contributed by atoms with Crippen molar-refractivity contribution in [2.24, 2.45) is 5.84 Å². The van der Waals surface area contributed by atoms with E-state index in [1.807, 2.05) is 0 Å². The van der Waals surface area contributed by atoms with Gasteiger partial charge in [-0.05, 0) is 60.8 Å². The van der Waals surface area contributed by atoms with E-state index in [1.165, 1.54) is 55.3 Å². The zero-order chi connectivity index (χ0) is 9.54. The molecule has 0 aliphatic heterocycles.